The van der Waals surface area contributed by atoms with E-state index in [4.69, 9.17) is 0 Å². The average Bonchev–Trinajstić information content (AvgIpc) is 3.30. The fraction of sp³-hybridized carbons (Fsp3) is 0.550. The lowest BCUT2D eigenvalue weighted by Crippen LogP contribution is -2.43. The number of thioether (sulfide) groups is 1. The van der Waals surface area contributed by atoms with Crippen LogP contribution in [0.25, 0.3) is 0 Å². The van der Waals surface area contributed by atoms with Crippen molar-refractivity contribution in [2.24, 2.45) is 0 Å². The van der Waals surface area contributed by atoms with Crippen LogP contribution in [0.15, 0.2) is 30.3 Å². The van der Waals surface area contributed by atoms with Crippen LogP contribution < -0.4 is 0 Å². The number of fused-ring (bicyclic) bond motifs is 1. The Morgan fingerprint density at radius 1 is 1.23 bits per heavy atom. The summed E-state index contributed by atoms with van der Waals surface area (Å²) >= 11 is 1.73. The van der Waals surface area contributed by atoms with Gasteiger partial charge in [0.05, 0.1) is 5.25 Å². The molecule has 6 heteroatoms. The molecule has 2 atom stereocenters. The van der Waals surface area contributed by atoms with Crippen molar-refractivity contribution in [1.29, 1.82) is 0 Å². The van der Waals surface area contributed by atoms with Gasteiger partial charge in [-0.15, -0.1) is 22.0 Å². The highest BCUT2D eigenvalue weighted by molar-refractivity contribution is 7.99. The number of hydrogen-bond donors (Lipinski definition) is 0. The molecule has 0 unspecified atom stereocenters. The monoisotopic (exact) mass is 370 g/mol. The van der Waals surface area contributed by atoms with Gasteiger partial charge in [-0.2, -0.15) is 0 Å². The van der Waals surface area contributed by atoms with Crippen molar-refractivity contribution in [3.63, 3.8) is 0 Å². The Balaban J connectivity index is 1.36. The van der Waals surface area contributed by atoms with Crippen molar-refractivity contribution in [2.45, 2.75) is 56.1 Å². The first-order valence-corrected chi connectivity index (χ1v) is 10.6. The highest BCUT2D eigenvalue weighted by Crippen LogP contribution is 2.30. The summed E-state index contributed by atoms with van der Waals surface area (Å²) in [5, 5.41) is 8.78. The van der Waals surface area contributed by atoms with Crippen molar-refractivity contribution >= 4 is 17.7 Å². The van der Waals surface area contributed by atoms with Crippen molar-refractivity contribution in [3.05, 3.63) is 47.5 Å². The third-order valence-corrected chi connectivity index (χ3v) is 6.63. The number of carbonyl (C=O) groups is 1. The summed E-state index contributed by atoms with van der Waals surface area (Å²) in [5.41, 5.74) is 1.27. The number of carbonyl (C=O) groups excluding carboxylic acids is 1. The first kappa shape index (κ1) is 17.6. The molecule has 1 saturated heterocycles. The maximum atomic E-state index is 12.9. The first-order valence-electron chi connectivity index (χ1n) is 9.58. The average molecular weight is 371 g/mol. The Bertz CT molecular complexity index is 760. The minimum absolute atomic E-state index is 0.0157. The summed E-state index contributed by atoms with van der Waals surface area (Å²) in [6.45, 7) is 4.72. The Morgan fingerprint density at radius 2 is 2.08 bits per heavy atom. The molecule has 0 radical (unpaired) electrons. The molecule has 26 heavy (non-hydrogen) atoms. The summed E-state index contributed by atoms with van der Waals surface area (Å²) in [6, 6.07) is 10.4. The zero-order valence-corrected chi connectivity index (χ0v) is 16.1. The number of aryl methyl sites for hydroxylation is 1. The Morgan fingerprint density at radius 3 is 2.92 bits per heavy atom. The summed E-state index contributed by atoms with van der Waals surface area (Å²) in [7, 11) is 0. The van der Waals surface area contributed by atoms with Crippen LogP contribution in [0, 0.1) is 0 Å². The zero-order chi connectivity index (χ0) is 17.9. The highest BCUT2D eigenvalue weighted by atomic mass is 32.2. The van der Waals surface area contributed by atoms with Crippen molar-refractivity contribution in [2.75, 3.05) is 13.1 Å². The molecule has 1 aromatic carbocycles. The van der Waals surface area contributed by atoms with E-state index in [-0.39, 0.29) is 11.2 Å². The van der Waals surface area contributed by atoms with Crippen LogP contribution in [-0.4, -0.2) is 43.9 Å². The van der Waals surface area contributed by atoms with E-state index in [0.29, 0.717) is 5.92 Å². The topological polar surface area (TPSA) is 51.0 Å². The molecule has 3 heterocycles. The van der Waals surface area contributed by atoms with Gasteiger partial charge < -0.3 is 9.47 Å². The number of hydrogen-bond acceptors (Lipinski definition) is 4. The van der Waals surface area contributed by atoms with E-state index in [1.165, 1.54) is 12.0 Å². The maximum absolute atomic E-state index is 12.9. The van der Waals surface area contributed by atoms with Crippen molar-refractivity contribution in [3.8, 4) is 0 Å². The second-order valence-electron chi connectivity index (χ2n) is 7.29. The van der Waals surface area contributed by atoms with Crippen LogP contribution in [-0.2, 0) is 23.5 Å². The minimum atomic E-state index is -0.0157. The molecular weight excluding hydrogens is 344 g/mol. The van der Waals surface area contributed by atoms with E-state index in [1.54, 1.807) is 11.8 Å². The van der Waals surface area contributed by atoms with Crippen molar-refractivity contribution in [1.82, 2.24) is 19.7 Å². The SMILES string of the molecule is C[C@@H](SCc1ccccc1)C(=O)N1CCC[C@H](c2nnc3n2CCC3)C1. The Hall–Kier alpha value is -1.82. The highest BCUT2D eigenvalue weighted by Gasteiger charge is 2.31. The van der Waals surface area contributed by atoms with Crippen LogP contribution in [0.1, 0.15) is 49.3 Å². The standard InChI is InChI=1S/C20H26N4OS/c1-15(26-14-16-7-3-2-4-8-16)20(25)23-11-5-9-17(13-23)19-22-21-18-10-6-12-24(18)19/h2-4,7-8,15,17H,5-6,9-14H2,1H3/t15-,17+/m1/s1. The molecule has 0 aliphatic carbocycles. The van der Waals surface area contributed by atoms with Crippen LogP contribution in [0.3, 0.4) is 0 Å². The largest absolute Gasteiger partial charge is 0.341 e. The van der Waals surface area contributed by atoms with Crippen LogP contribution >= 0.6 is 11.8 Å². The van der Waals surface area contributed by atoms with E-state index in [1.807, 2.05) is 17.9 Å². The second-order valence-corrected chi connectivity index (χ2v) is 8.62. The van der Waals surface area contributed by atoms with Gasteiger partial charge in [-0.05, 0) is 31.7 Å². The van der Waals surface area contributed by atoms with Gasteiger partial charge in [0, 0.05) is 37.7 Å². The van der Waals surface area contributed by atoms with E-state index >= 15 is 0 Å². The molecule has 4 rings (SSSR count). The third-order valence-electron chi connectivity index (χ3n) is 5.43. The normalized spacial score (nSPS) is 20.8. The molecule has 2 aromatic rings. The Labute approximate surface area is 159 Å². The molecule has 0 spiro atoms. The minimum Gasteiger partial charge on any atom is -0.341 e. The quantitative estimate of drug-likeness (QED) is 0.811. The summed E-state index contributed by atoms with van der Waals surface area (Å²) in [4.78, 5) is 15.0. The van der Waals surface area contributed by atoms with Gasteiger partial charge in [-0.25, -0.2) is 0 Å². The number of amides is 1. The number of rotatable bonds is 5. The Kier molecular flexibility index (Phi) is 5.29. The van der Waals surface area contributed by atoms with Gasteiger partial charge >= 0.3 is 0 Å². The summed E-state index contributed by atoms with van der Waals surface area (Å²) in [5.74, 6) is 3.69. The predicted octanol–water partition coefficient (Wildman–Crippen LogP) is 3.25. The van der Waals surface area contributed by atoms with Gasteiger partial charge in [0.2, 0.25) is 5.91 Å². The first-order chi connectivity index (χ1) is 12.7. The van der Waals surface area contributed by atoms with Crippen LogP contribution in [0.2, 0.25) is 0 Å². The summed E-state index contributed by atoms with van der Waals surface area (Å²) in [6.07, 6.45) is 4.36. The van der Waals surface area contributed by atoms with Crippen molar-refractivity contribution < 1.29 is 4.79 Å². The molecule has 2 aliphatic heterocycles. The van der Waals surface area contributed by atoms with Gasteiger partial charge in [-0.1, -0.05) is 30.3 Å². The van der Waals surface area contributed by atoms with E-state index < -0.39 is 0 Å². The van der Waals surface area contributed by atoms with Crippen LogP contribution in [0.4, 0.5) is 0 Å². The number of nitrogens with zero attached hydrogens (tertiary/aromatic N) is 4. The number of aromatic nitrogens is 3. The lowest BCUT2D eigenvalue weighted by molar-refractivity contribution is -0.131. The van der Waals surface area contributed by atoms with E-state index in [2.05, 4.69) is 39.0 Å². The lowest BCUT2D eigenvalue weighted by atomic mass is 9.97. The molecule has 1 fully saturated rings. The molecular formula is C20H26N4OS. The zero-order valence-electron chi connectivity index (χ0n) is 15.3. The fourth-order valence-corrected chi connectivity index (χ4v) is 4.91. The second kappa shape index (κ2) is 7.82. The maximum Gasteiger partial charge on any atom is 0.235 e. The molecule has 2 aliphatic rings. The lowest BCUT2D eigenvalue weighted by Gasteiger charge is -2.33. The van der Waals surface area contributed by atoms with Gasteiger partial charge in [0.25, 0.3) is 0 Å². The smallest absolute Gasteiger partial charge is 0.235 e. The van der Waals surface area contributed by atoms with Gasteiger partial charge in [-0.3, -0.25) is 4.79 Å². The van der Waals surface area contributed by atoms with Crippen LogP contribution in [0.5, 0.6) is 0 Å². The van der Waals surface area contributed by atoms with E-state index in [9.17, 15) is 4.79 Å². The molecule has 5 nitrogen and oxygen atoms in total. The van der Waals surface area contributed by atoms with Gasteiger partial charge in [0.1, 0.15) is 11.6 Å². The molecule has 0 N–H and O–H groups in total. The molecule has 0 saturated carbocycles. The molecule has 138 valence electrons. The number of piperidine rings is 1. The number of likely N-dealkylation sites (tertiary alicyclic amines) is 1. The third kappa shape index (κ3) is 3.65. The number of benzene rings is 1. The predicted molar refractivity (Wildman–Crippen MR) is 104 cm³/mol. The molecule has 1 aromatic heterocycles. The molecule has 0 bridgehead atoms. The van der Waals surface area contributed by atoms with E-state index in [0.717, 1.165) is 56.3 Å². The fourth-order valence-electron chi connectivity index (χ4n) is 3.99. The van der Waals surface area contributed by atoms with Gasteiger partial charge in [0.15, 0.2) is 0 Å². The summed E-state index contributed by atoms with van der Waals surface area (Å²) < 4.78 is 2.28. The molecule has 1 amide bonds.